The third-order valence-corrected chi connectivity index (χ3v) is 9.10. The highest BCUT2D eigenvalue weighted by atomic mass is 16.5. The van der Waals surface area contributed by atoms with Crippen LogP contribution in [0.1, 0.15) is 40.8 Å². The largest absolute Gasteiger partial charge is 0.497 e. The van der Waals surface area contributed by atoms with E-state index in [1.165, 1.54) is 10.9 Å². The number of nitrogens with zero attached hydrogens (tertiary/aromatic N) is 3. The Morgan fingerprint density at radius 2 is 1.66 bits per heavy atom. The number of fused-ring (bicyclic) bond motifs is 2. The molecule has 0 radical (unpaired) electrons. The fourth-order valence-corrected chi connectivity index (χ4v) is 6.56. The van der Waals surface area contributed by atoms with Gasteiger partial charge in [0.2, 0.25) is 5.91 Å². The van der Waals surface area contributed by atoms with Gasteiger partial charge in [-0.15, -0.1) is 10.2 Å². The molecule has 1 aliphatic rings. The topological polar surface area (TPSA) is 134 Å². The fraction of sp³-hybridized carbons (Fsp3) is 0.306. The second-order valence-corrected chi connectivity index (χ2v) is 11.9. The molecule has 47 heavy (non-hydrogen) atoms. The smallest absolute Gasteiger partial charge is 0.237 e. The number of aromatic amines is 2. The van der Waals surface area contributed by atoms with Crippen LogP contribution < -0.4 is 25.4 Å². The summed E-state index contributed by atoms with van der Waals surface area (Å²) in [5.74, 6) is 2.91. The zero-order valence-electron chi connectivity index (χ0n) is 26.7. The first-order chi connectivity index (χ1) is 23.1. The van der Waals surface area contributed by atoms with Crippen LogP contribution in [0.15, 0.2) is 79.1 Å². The lowest BCUT2D eigenvalue weighted by Gasteiger charge is -2.27. The number of H-pyrrole nitrogens is 2. The highest BCUT2D eigenvalue weighted by molar-refractivity contribution is 5.84. The number of rotatable bonds is 12. The van der Waals surface area contributed by atoms with Crippen LogP contribution in [0.2, 0.25) is 0 Å². The average Bonchev–Trinajstić information content (AvgIpc) is 3.84. The molecule has 1 fully saturated rings. The van der Waals surface area contributed by atoms with Gasteiger partial charge in [-0.1, -0.05) is 36.4 Å². The molecule has 3 aromatic heterocycles. The fourth-order valence-electron chi connectivity index (χ4n) is 6.56. The average molecular weight is 633 g/mol. The van der Waals surface area contributed by atoms with Crippen LogP contribution in [0.25, 0.3) is 21.8 Å². The molecule has 0 aliphatic carbocycles. The van der Waals surface area contributed by atoms with E-state index in [0.717, 1.165) is 46.3 Å². The predicted octanol–water partition coefficient (Wildman–Crippen LogP) is 4.40. The highest BCUT2D eigenvalue weighted by Gasteiger charge is 2.29. The molecule has 0 bridgehead atoms. The summed E-state index contributed by atoms with van der Waals surface area (Å²) >= 11 is 0. The molecule has 242 valence electrons. The molecule has 5 N–H and O–H groups in total. The van der Waals surface area contributed by atoms with Gasteiger partial charge in [0.25, 0.3) is 0 Å². The minimum Gasteiger partial charge on any atom is -0.497 e. The van der Waals surface area contributed by atoms with E-state index in [9.17, 15) is 4.79 Å². The van der Waals surface area contributed by atoms with Gasteiger partial charge in [0, 0.05) is 65.3 Å². The lowest BCUT2D eigenvalue weighted by Crippen LogP contribution is -2.53. The normalized spacial score (nSPS) is 15.6. The lowest BCUT2D eigenvalue weighted by molar-refractivity contribution is -0.124. The number of aryl methyl sites for hydroxylation is 2. The number of hydrogen-bond donors (Lipinski definition) is 5. The summed E-state index contributed by atoms with van der Waals surface area (Å²) in [5, 5.41) is 21.8. The van der Waals surface area contributed by atoms with E-state index in [-0.39, 0.29) is 11.9 Å². The van der Waals surface area contributed by atoms with Crippen molar-refractivity contribution in [1.29, 1.82) is 0 Å². The van der Waals surface area contributed by atoms with Crippen LogP contribution in [-0.2, 0) is 30.6 Å². The Labute approximate surface area is 273 Å². The molecule has 11 heteroatoms. The van der Waals surface area contributed by atoms with Crippen LogP contribution in [-0.4, -0.2) is 64.1 Å². The third-order valence-electron chi connectivity index (χ3n) is 9.10. The number of aromatic nitrogens is 5. The van der Waals surface area contributed by atoms with Gasteiger partial charge in [0.15, 0.2) is 5.82 Å². The Morgan fingerprint density at radius 1 is 0.915 bits per heavy atom. The molecular weight excluding hydrogens is 592 g/mol. The first-order valence-corrected chi connectivity index (χ1v) is 16.1. The highest BCUT2D eigenvalue weighted by Crippen LogP contribution is 2.29. The molecule has 0 saturated carbocycles. The van der Waals surface area contributed by atoms with E-state index in [1.54, 1.807) is 14.2 Å². The Kier molecular flexibility index (Phi) is 8.89. The van der Waals surface area contributed by atoms with Crippen molar-refractivity contribution in [2.45, 2.75) is 44.3 Å². The number of nitrogens with one attached hydrogen (secondary N) is 5. The number of carbonyl (C=O) groups excluding carboxylic acids is 1. The molecule has 2 atom stereocenters. The zero-order chi connectivity index (χ0) is 32.2. The van der Waals surface area contributed by atoms with Crippen molar-refractivity contribution in [1.82, 2.24) is 40.7 Å². The van der Waals surface area contributed by atoms with Crippen molar-refractivity contribution < 1.29 is 14.3 Å². The molecular formula is C36H40N8O3. The summed E-state index contributed by atoms with van der Waals surface area (Å²) in [7, 11) is 3.31. The Hall–Kier alpha value is -5.13. The molecule has 11 nitrogen and oxygen atoms in total. The zero-order valence-corrected chi connectivity index (χ0v) is 26.7. The molecule has 6 aromatic rings. The standard InChI is InChI=1S/C36H40N8O3/c1-46-26-13-11-24(33(18-26)47-2)21-44-34(14-12-23-19-38-29-9-5-3-7-27(23)29)42-43-35(44)32(41-36(45)31-15-16-37-22-40-31)17-25-20-39-30-10-6-4-8-28(25)30/h3-11,13,18-20,31-32,37-40H,12,14-17,21-22H2,1-2H3,(H,41,45)/t31-,32+/m0/s1. The van der Waals surface area contributed by atoms with E-state index in [0.29, 0.717) is 49.8 Å². The molecule has 0 unspecified atom stereocenters. The molecule has 1 aliphatic heterocycles. The van der Waals surface area contributed by atoms with Gasteiger partial charge < -0.3 is 34.6 Å². The van der Waals surface area contributed by atoms with E-state index >= 15 is 0 Å². The number of methoxy groups -OCH3 is 2. The molecule has 7 rings (SSSR count). The van der Waals surface area contributed by atoms with E-state index in [2.05, 4.69) is 67.0 Å². The van der Waals surface area contributed by atoms with Gasteiger partial charge in [0.1, 0.15) is 17.3 Å². The molecule has 0 spiro atoms. The lowest BCUT2D eigenvalue weighted by atomic mass is 10.0. The monoisotopic (exact) mass is 632 g/mol. The number of carbonyl (C=O) groups is 1. The quantitative estimate of drug-likeness (QED) is 0.135. The van der Waals surface area contributed by atoms with Gasteiger partial charge in [-0.05, 0) is 54.8 Å². The second-order valence-electron chi connectivity index (χ2n) is 11.9. The van der Waals surface area contributed by atoms with Crippen molar-refractivity contribution in [3.05, 3.63) is 107 Å². The maximum absolute atomic E-state index is 13.7. The maximum Gasteiger partial charge on any atom is 0.237 e. The molecule has 1 saturated heterocycles. The van der Waals surface area contributed by atoms with E-state index in [4.69, 9.17) is 19.7 Å². The number of benzene rings is 3. The van der Waals surface area contributed by atoms with Crippen LogP contribution in [0.3, 0.4) is 0 Å². The van der Waals surface area contributed by atoms with E-state index < -0.39 is 6.04 Å². The third kappa shape index (κ3) is 6.45. The summed E-state index contributed by atoms with van der Waals surface area (Å²) in [4.78, 5) is 20.5. The van der Waals surface area contributed by atoms with Crippen molar-refractivity contribution >= 4 is 27.7 Å². The van der Waals surface area contributed by atoms with Gasteiger partial charge in [-0.25, -0.2) is 0 Å². The molecule has 1 amide bonds. The Bertz CT molecular complexity index is 1990. The van der Waals surface area contributed by atoms with Gasteiger partial charge in [0.05, 0.1) is 32.8 Å². The van der Waals surface area contributed by atoms with Gasteiger partial charge in [-0.3, -0.25) is 10.1 Å². The minimum atomic E-state index is -0.433. The van der Waals surface area contributed by atoms with Crippen LogP contribution >= 0.6 is 0 Å². The second kappa shape index (κ2) is 13.7. The molecule has 4 heterocycles. The van der Waals surface area contributed by atoms with Crippen LogP contribution in [0.5, 0.6) is 11.5 Å². The SMILES string of the molecule is COc1ccc(Cn2c(CCc3c[nH]c4ccccc34)nnc2[C@@H](Cc2c[nH]c3ccccc23)NC(=O)[C@@H]2CCNCN2)c(OC)c1. The summed E-state index contributed by atoms with van der Waals surface area (Å²) in [6, 6.07) is 21.7. The predicted molar refractivity (Wildman–Crippen MR) is 182 cm³/mol. The van der Waals surface area contributed by atoms with E-state index in [1.807, 2.05) is 42.6 Å². The first-order valence-electron chi connectivity index (χ1n) is 16.1. The van der Waals surface area contributed by atoms with Crippen molar-refractivity contribution in [3.63, 3.8) is 0 Å². The summed E-state index contributed by atoms with van der Waals surface area (Å²) in [6.45, 7) is 1.84. The van der Waals surface area contributed by atoms with Crippen LogP contribution in [0, 0.1) is 0 Å². The van der Waals surface area contributed by atoms with Crippen molar-refractivity contribution in [3.8, 4) is 11.5 Å². The maximum atomic E-state index is 13.7. The summed E-state index contributed by atoms with van der Waals surface area (Å²) in [5.41, 5.74) is 5.44. The Morgan fingerprint density at radius 3 is 2.38 bits per heavy atom. The van der Waals surface area contributed by atoms with Gasteiger partial charge >= 0.3 is 0 Å². The number of para-hydroxylation sites is 2. The van der Waals surface area contributed by atoms with Crippen molar-refractivity contribution in [2.75, 3.05) is 27.4 Å². The first kappa shape index (κ1) is 30.5. The molecule has 3 aromatic carbocycles. The summed E-state index contributed by atoms with van der Waals surface area (Å²) in [6.07, 6.45) is 6.79. The van der Waals surface area contributed by atoms with Crippen LogP contribution in [0.4, 0.5) is 0 Å². The number of hydrogen-bond acceptors (Lipinski definition) is 7. The van der Waals surface area contributed by atoms with Gasteiger partial charge in [-0.2, -0.15) is 0 Å². The number of ether oxygens (including phenoxy) is 2. The number of amides is 1. The van der Waals surface area contributed by atoms with Crippen molar-refractivity contribution in [2.24, 2.45) is 0 Å². The minimum absolute atomic E-state index is 0.0479. The Balaban J connectivity index is 1.27. The summed E-state index contributed by atoms with van der Waals surface area (Å²) < 4.78 is 13.4.